The Kier molecular flexibility index (Phi) is 3.55. The van der Waals surface area contributed by atoms with Crippen LogP contribution in [0.4, 0.5) is 0 Å². The summed E-state index contributed by atoms with van der Waals surface area (Å²) in [5.74, 6) is 0.543. The molecule has 0 saturated heterocycles. The number of sulfonamides is 1. The molecule has 0 radical (unpaired) electrons. The predicted molar refractivity (Wildman–Crippen MR) is 93.5 cm³/mol. The number of hydrogen-bond acceptors (Lipinski definition) is 5. The number of nitrogens with zero attached hydrogens (tertiary/aromatic N) is 3. The summed E-state index contributed by atoms with van der Waals surface area (Å²) in [4.78, 5) is 11.6. The lowest BCUT2D eigenvalue weighted by Crippen LogP contribution is -2.24. The molecule has 0 aliphatic heterocycles. The summed E-state index contributed by atoms with van der Waals surface area (Å²) in [6.07, 6.45) is 1.57. The molecule has 0 aliphatic rings. The summed E-state index contributed by atoms with van der Waals surface area (Å²) in [7, 11) is -3.79. The standard InChI is InChI=1S/C16H16N6O2S/c1-9-6-12-13(7-10(9)2)20-14(19-12)8-18-25(23,24)16-11-4-3-5-17-15(11)21-22-16/h3-7,18H,8H2,1-2H3,(H,19,20)(H,17,21,22). The molecule has 8 nitrogen and oxygen atoms in total. The molecule has 0 spiro atoms. The number of H-pyrrole nitrogens is 2. The second-order valence-electron chi connectivity index (χ2n) is 5.89. The highest BCUT2D eigenvalue weighted by atomic mass is 32.2. The topological polar surface area (TPSA) is 116 Å². The number of nitrogens with one attached hydrogen (secondary N) is 3. The van der Waals surface area contributed by atoms with Crippen LogP contribution < -0.4 is 4.72 Å². The molecule has 9 heteroatoms. The Balaban J connectivity index is 1.62. The van der Waals surface area contributed by atoms with E-state index in [9.17, 15) is 8.42 Å². The molecule has 3 N–H and O–H groups in total. The number of aryl methyl sites for hydroxylation is 2. The lowest BCUT2D eigenvalue weighted by atomic mass is 10.1. The van der Waals surface area contributed by atoms with Crippen LogP contribution in [-0.2, 0) is 16.6 Å². The van der Waals surface area contributed by atoms with Crippen molar-refractivity contribution in [1.29, 1.82) is 0 Å². The molecule has 0 aliphatic carbocycles. The minimum atomic E-state index is -3.79. The molecule has 4 rings (SSSR count). The Morgan fingerprint density at radius 2 is 2.00 bits per heavy atom. The minimum absolute atomic E-state index is 0.0454. The van der Waals surface area contributed by atoms with Crippen molar-refractivity contribution < 1.29 is 8.42 Å². The molecule has 3 aromatic heterocycles. The normalized spacial score (nSPS) is 12.2. The van der Waals surface area contributed by atoms with Crippen LogP contribution in [0.3, 0.4) is 0 Å². The fourth-order valence-corrected chi connectivity index (χ4v) is 3.76. The molecule has 25 heavy (non-hydrogen) atoms. The van der Waals surface area contributed by atoms with Gasteiger partial charge in [-0.05, 0) is 49.2 Å². The molecule has 0 unspecified atom stereocenters. The van der Waals surface area contributed by atoms with Crippen LogP contribution in [0.25, 0.3) is 22.1 Å². The lowest BCUT2D eigenvalue weighted by molar-refractivity contribution is 0.576. The fourth-order valence-electron chi connectivity index (χ4n) is 2.67. The first-order valence-electron chi connectivity index (χ1n) is 7.68. The van der Waals surface area contributed by atoms with Gasteiger partial charge in [-0.3, -0.25) is 5.10 Å². The van der Waals surface area contributed by atoms with Gasteiger partial charge in [-0.15, -0.1) is 0 Å². The van der Waals surface area contributed by atoms with Crippen LogP contribution in [0, 0.1) is 13.8 Å². The number of imidazole rings is 1. The molecular weight excluding hydrogens is 340 g/mol. The minimum Gasteiger partial charge on any atom is -0.341 e. The van der Waals surface area contributed by atoms with Gasteiger partial charge in [0.1, 0.15) is 5.82 Å². The molecule has 0 saturated carbocycles. The number of hydrogen-bond donors (Lipinski definition) is 3. The maximum atomic E-state index is 12.5. The molecule has 1 aromatic carbocycles. The van der Waals surface area contributed by atoms with Crippen molar-refractivity contribution in [1.82, 2.24) is 29.9 Å². The van der Waals surface area contributed by atoms with E-state index in [2.05, 4.69) is 29.9 Å². The summed E-state index contributed by atoms with van der Waals surface area (Å²) in [5.41, 5.74) is 4.41. The largest absolute Gasteiger partial charge is 0.341 e. The van der Waals surface area contributed by atoms with Gasteiger partial charge in [-0.2, -0.15) is 5.10 Å². The second kappa shape index (κ2) is 5.64. The van der Waals surface area contributed by atoms with Gasteiger partial charge >= 0.3 is 0 Å². The van der Waals surface area contributed by atoms with Gasteiger partial charge in [0.15, 0.2) is 5.65 Å². The van der Waals surface area contributed by atoms with E-state index in [0.29, 0.717) is 16.9 Å². The first-order valence-corrected chi connectivity index (χ1v) is 9.17. The van der Waals surface area contributed by atoms with Gasteiger partial charge in [-0.1, -0.05) is 0 Å². The number of rotatable bonds is 4. The van der Waals surface area contributed by atoms with E-state index in [1.807, 2.05) is 26.0 Å². The third-order valence-corrected chi connectivity index (χ3v) is 5.48. The highest BCUT2D eigenvalue weighted by Crippen LogP contribution is 2.19. The summed E-state index contributed by atoms with van der Waals surface area (Å²) in [6.45, 7) is 4.08. The van der Waals surface area contributed by atoms with E-state index in [4.69, 9.17) is 0 Å². The van der Waals surface area contributed by atoms with E-state index in [1.54, 1.807) is 18.3 Å². The summed E-state index contributed by atoms with van der Waals surface area (Å²) < 4.78 is 27.6. The Bertz CT molecular complexity index is 1150. The zero-order chi connectivity index (χ0) is 17.6. The van der Waals surface area contributed by atoms with Gasteiger partial charge in [0.2, 0.25) is 5.03 Å². The Hall–Kier alpha value is -2.78. The van der Waals surface area contributed by atoms with Gasteiger partial charge in [-0.25, -0.2) is 23.1 Å². The van der Waals surface area contributed by atoms with Crippen molar-refractivity contribution in [3.05, 3.63) is 47.4 Å². The SMILES string of the molecule is Cc1cc2nc(CNS(=O)(=O)c3n[nH]c4ncccc34)[nH]c2cc1C. The molecule has 0 atom stereocenters. The number of aromatic amines is 2. The van der Waals surface area contributed by atoms with Crippen molar-refractivity contribution in [3.8, 4) is 0 Å². The lowest BCUT2D eigenvalue weighted by Gasteiger charge is -2.02. The maximum absolute atomic E-state index is 12.5. The first kappa shape index (κ1) is 15.7. The quantitative estimate of drug-likeness (QED) is 0.516. The van der Waals surface area contributed by atoms with Gasteiger partial charge in [0, 0.05) is 6.20 Å². The van der Waals surface area contributed by atoms with Crippen molar-refractivity contribution in [2.45, 2.75) is 25.4 Å². The summed E-state index contributed by atoms with van der Waals surface area (Å²) >= 11 is 0. The molecule has 0 bridgehead atoms. The van der Waals surface area contributed by atoms with Crippen molar-refractivity contribution in [2.75, 3.05) is 0 Å². The van der Waals surface area contributed by atoms with Gasteiger partial charge in [0.05, 0.1) is 23.0 Å². The van der Waals surface area contributed by atoms with Crippen LogP contribution in [0.15, 0.2) is 35.5 Å². The van der Waals surface area contributed by atoms with Gasteiger partial charge < -0.3 is 4.98 Å². The monoisotopic (exact) mass is 356 g/mol. The predicted octanol–water partition coefficient (Wildman–Crippen LogP) is 1.93. The Morgan fingerprint density at radius 3 is 2.84 bits per heavy atom. The van der Waals surface area contributed by atoms with Crippen LogP contribution >= 0.6 is 0 Å². The molecule has 0 fully saturated rings. The Morgan fingerprint density at radius 1 is 1.20 bits per heavy atom. The van der Waals surface area contributed by atoms with Crippen molar-refractivity contribution >= 4 is 32.1 Å². The summed E-state index contributed by atoms with van der Waals surface area (Å²) in [5, 5.41) is 6.88. The van der Waals surface area contributed by atoms with E-state index >= 15 is 0 Å². The average Bonchev–Trinajstić information content (AvgIpc) is 3.17. The molecule has 4 aromatic rings. The zero-order valence-corrected chi connectivity index (χ0v) is 14.5. The van der Waals surface area contributed by atoms with E-state index in [-0.39, 0.29) is 11.6 Å². The highest BCUT2D eigenvalue weighted by Gasteiger charge is 2.21. The number of fused-ring (bicyclic) bond motifs is 2. The Labute approximate surface area is 143 Å². The summed E-state index contributed by atoms with van der Waals surface area (Å²) in [6, 6.07) is 7.31. The molecular formula is C16H16N6O2S. The molecule has 0 amide bonds. The average molecular weight is 356 g/mol. The maximum Gasteiger partial charge on any atom is 0.260 e. The van der Waals surface area contributed by atoms with E-state index in [1.165, 1.54) is 0 Å². The van der Waals surface area contributed by atoms with Crippen LogP contribution in [0.2, 0.25) is 0 Å². The van der Waals surface area contributed by atoms with Crippen molar-refractivity contribution in [2.24, 2.45) is 0 Å². The van der Waals surface area contributed by atoms with Crippen LogP contribution in [0.1, 0.15) is 17.0 Å². The van der Waals surface area contributed by atoms with E-state index < -0.39 is 10.0 Å². The first-order chi connectivity index (χ1) is 11.9. The van der Waals surface area contributed by atoms with Gasteiger partial charge in [0.25, 0.3) is 10.0 Å². The molecule has 128 valence electrons. The van der Waals surface area contributed by atoms with E-state index in [0.717, 1.165) is 22.2 Å². The van der Waals surface area contributed by atoms with Crippen LogP contribution in [0.5, 0.6) is 0 Å². The zero-order valence-electron chi connectivity index (χ0n) is 13.7. The molecule has 3 heterocycles. The van der Waals surface area contributed by atoms with Crippen LogP contribution in [-0.4, -0.2) is 33.6 Å². The highest BCUT2D eigenvalue weighted by molar-refractivity contribution is 7.89. The number of benzene rings is 1. The second-order valence-corrected chi connectivity index (χ2v) is 7.57. The van der Waals surface area contributed by atoms with Crippen molar-refractivity contribution in [3.63, 3.8) is 0 Å². The fraction of sp³-hybridized carbons (Fsp3) is 0.188. The third kappa shape index (κ3) is 2.77. The third-order valence-electron chi connectivity index (χ3n) is 4.13. The number of pyridine rings is 1. The number of aromatic nitrogens is 5. The smallest absolute Gasteiger partial charge is 0.260 e.